The minimum Gasteiger partial charge on any atom is -0.459 e. The molecule has 1 saturated heterocycles. The highest BCUT2D eigenvalue weighted by molar-refractivity contribution is 5.95. The van der Waals surface area contributed by atoms with E-state index < -0.39 is 34.5 Å². The van der Waals surface area contributed by atoms with E-state index in [1.54, 1.807) is 0 Å². The number of nitrogens with zero attached hydrogens (tertiary/aromatic N) is 2. The molecule has 1 N–H and O–H groups in total. The van der Waals surface area contributed by atoms with Crippen LogP contribution in [-0.2, 0) is 15.7 Å². The summed E-state index contributed by atoms with van der Waals surface area (Å²) in [5.41, 5.74) is -1.41. The first-order valence-electron chi connectivity index (χ1n) is 11.6. The number of amides is 2. The Balaban J connectivity index is 1.36. The van der Waals surface area contributed by atoms with Gasteiger partial charge in [0.25, 0.3) is 5.91 Å². The number of furan rings is 1. The number of morpholine rings is 1. The molecule has 2 amide bonds. The molecular formula is C23H32F3N3O4. The van der Waals surface area contributed by atoms with Crippen molar-refractivity contribution in [1.82, 2.24) is 15.1 Å². The molecule has 1 aliphatic heterocycles. The third-order valence-corrected chi connectivity index (χ3v) is 7.62. The van der Waals surface area contributed by atoms with Gasteiger partial charge in [-0.05, 0) is 58.7 Å². The minimum atomic E-state index is -4.72. The quantitative estimate of drug-likeness (QED) is 0.728. The molecule has 2 heterocycles. The Bertz CT molecular complexity index is 869. The molecule has 1 spiro atoms. The molecule has 0 bridgehead atoms. The molecule has 184 valence electrons. The van der Waals surface area contributed by atoms with Gasteiger partial charge in [-0.25, -0.2) is 0 Å². The van der Waals surface area contributed by atoms with E-state index in [-0.39, 0.29) is 11.9 Å². The summed E-state index contributed by atoms with van der Waals surface area (Å²) in [4.78, 5) is 29.9. The Morgan fingerprint density at radius 1 is 1.15 bits per heavy atom. The van der Waals surface area contributed by atoms with Gasteiger partial charge in [-0.2, -0.15) is 13.2 Å². The molecule has 33 heavy (non-hydrogen) atoms. The summed E-state index contributed by atoms with van der Waals surface area (Å²) >= 11 is 0. The summed E-state index contributed by atoms with van der Waals surface area (Å²) in [6.07, 6.45) is 2.40. The second kappa shape index (κ2) is 8.94. The lowest BCUT2D eigenvalue weighted by molar-refractivity contribution is -0.166. The van der Waals surface area contributed by atoms with Crippen LogP contribution < -0.4 is 5.32 Å². The molecule has 4 rings (SSSR count). The lowest BCUT2D eigenvalue weighted by Gasteiger charge is -2.49. The van der Waals surface area contributed by atoms with E-state index in [1.807, 2.05) is 19.0 Å². The molecule has 2 saturated carbocycles. The van der Waals surface area contributed by atoms with Crippen molar-refractivity contribution >= 4 is 11.8 Å². The molecule has 1 aromatic rings. The molecule has 7 nitrogen and oxygen atoms in total. The number of nitrogens with one attached hydrogen (secondary N) is 1. The van der Waals surface area contributed by atoms with Crippen molar-refractivity contribution in [3.05, 3.63) is 23.7 Å². The number of carbonyl (C=O) groups excluding carboxylic acids is 2. The van der Waals surface area contributed by atoms with E-state index in [4.69, 9.17) is 4.74 Å². The standard InChI is InChI=1S/C23H32F3N3O4/c1-28(2)22(8-3-4-9-22)20(31)29-12-14-33-21(15-29)10-5-16(6-11-21)27-19(30)17-7-13-32-18(17)23(24,25)26/h7,13,16H,3-6,8-12,14-15H2,1-2H3,(H,27,30). The molecule has 10 heteroatoms. The van der Waals surface area contributed by atoms with Crippen LogP contribution in [0.2, 0.25) is 0 Å². The van der Waals surface area contributed by atoms with E-state index in [9.17, 15) is 22.8 Å². The van der Waals surface area contributed by atoms with Crippen LogP contribution in [0.3, 0.4) is 0 Å². The monoisotopic (exact) mass is 471 g/mol. The zero-order valence-corrected chi connectivity index (χ0v) is 19.2. The molecule has 0 aromatic carbocycles. The Hall–Kier alpha value is -2.07. The predicted molar refractivity (Wildman–Crippen MR) is 114 cm³/mol. The number of carbonyl (C=O) groups is 2. The lowest BCUT2D eigenvalue weighted by Crippen LogP contribution is -2.62. The van der Waals surface area contributed by atoms with Crippen LogP contribution in [0.4, 0.5) is 13.2 Å². The number of hydrogen-bond acceptors (Lipinski definition) is 5. The molecule has 0 radical (unpaired) electrons. The van der Waals surface area contributed by atoms with Crippen LogP contribution in [0.15, 0.2) is 16.7 Å². The zero-order chi connectivity index (χ0) is 23.9. The number of ether oxygens (including phenoxy) is 1. The SMILES string of the molecule is CN(C)C1(C(=O)N2CCOC3(CCC(NC(=O)c4ccoc4C(F)(F)F)CC3)C2)CCCC1. The number of alkyl halides is 3. The van der Waals surface area contributed by atoms with Crippen molar-refractivity contribution in [2.45, 2.75) is 74.7 Å². The summed E-state index contributed by atoms with van der Waals surface area (Å²) in [6.45, 7) is 1.55. The first-order chi connectivity index (χ1) is 15.6. The van der Waals surface area contributed by atoms with Crippen LogP contribution in [0.25, 0.3) is 0 Å². The second-order valence-corrected chi connectivity index (χ2v) is 9.80. The van der Waals surface area contributed by atoms with Crippen molar-refractivity contribution < 1.29 is 31.9 Å². The first kappa shape index (κ1) is 24.1. The normalized spacial score (nSPS) is 27.8. The van der Waals surface area contributed by atoms with Gasteiger partial charge in [0.15, 0.2) is 0 Å². The number of rotatable bonds is 4. The summed E-state index contributed by atoms with van der Waals surface area (Å²) in [7, 11) is 3.94. The number of likely N-dealkylation sites (N-methyl/N-ethyl adjacent to an activating group) is 1. The van der Waals surface area contributed by atoms with Gasteiger partial charge in [0.1, 0.15) is 5.54 Å². The molecule has 2 aliphatic carbocycles. The Morgan fingerprint density at radius 3 is 2.42 bits per heavy atom. The summed E-state index contributed by atoms with van der Waals surface area (Å²) in [5, 5.41) is 2.71. The fourth-order valence-electron chi connectivity index (χ4n) is 5.69. The van der Waals surface area contributed by atoms with Gasteiger partial charge < -0.3 is 19.4 Å². The maximum atomic E-state index is 13.5. The second-order valence-electron chi connectivity index (χ2n) is 9.80. The molecule has 0 unspecified atom stereocenters. The third kappa shape index (κ3) is 4.64. The number of halogens is 3. The van der Waals surface area contributed by atoms with E-state index in [2.05, 4.69) is 14.6 Å². The van der Waals surface area contributed by atoms with Gasteiger partial charge in [0.2, 0.25) is 11.7 Å². The largest absolute Gasteiger partial charge is 0.459 e. The van der Waals surface area contributed by atoms with Gasteiger partial charge in [0, 0.05) is 19.1 Å². The molecular weight excluding hydrogens is 439 g/mol. The number of hydrogen-bond donors (Lipinski definition) is 1. The third-order valence-electron chi connectivity index (χ3n) is 7.62. The Kier molecular flexibility index (Phi) is 6.52. The maximum Gasteiger partial charge on any atom is 0.450 e. The highest BCUT2D eigenvalue weighted by Gasteiger charge is 2.49. The van der Waals surface area contributed by atoms with Crippen LogP contribution in [0.5, 0.6) is 0 Å². The van der Waals surface area contributed by atoms with E-state index in [0.717, 1.165) is 38.0 Å². The van der Waals surface area contributed by atoms with Crippen LogP contribution in [0, 0.1) is 0 Å². The van der Waals surface area contributed by atoms with E-state index in [0.29, 0.717) is 45.4 Å². The lowest BCUT2D eigenvalue weighted by atomic mass is 9.80. The fraction of sp³-hybridized carbons (Fsp3) is 0.739. The van der Waals surface area contributed by atoms with Gasteiger partial charge >= 0.3 is 6.18 Å². The van der Waals surface area contributed by atoms with Gasteiger partial charge in [-0.15, -0.1) is 0 Å². The average Bonchev–Trinajstić information content (AvgIpc) is 3.46. The van der Waals surface area contributed by atoms with Gasteiger partial charge in [-0.3, -0.25) is 14.5 Å². The van der Waals surface area contributed by atoms with Crippen molar-refractivity contribution in [2.75, 3.05) is 33.8 Å². The fourth-order valence-corrected chi connectivity index (χ4v) is 5.69. The van der Waals surface area contributed by atoms with Crippen LogP contribution in [0.1, 0.15) is 67.5 Å². The average molecular weight is 472 g/mol. The Labute approximate surface area is 191 Å². The maximum absolute atomic E-state index is 13.5. The summed E-state index contributed by atoms with van der Waals surface area (Å²) in [6, 6.07) is 0.788. The van der Waals surface area contributed by atoms with Crippen LogP contribution >= 0.6 is 0 Å². The molecule has 1 aromatic heterocycles. The molecule has 3 aliphatic rings. The summed E-state index contributed by atoms with van der Waals surface area (Å²) < 4.78 is 49.7. The van der Waals surface area contributed by atoms with E-state index in [1.165, 1.54) is 0 Å². The molecule has 0 atom stereocenters. The topological polar surface area (TPSA) is 75.0 Å². The van der Waals surface area contributed by atoms with Gasteiger partial charge in [0.05, 0.1) is 24.0 Å². The van der Waals surface area contributed by atoms with Crippen LogP contribution in [-0.4, -0.2) is 72.6 Å². The van der Waals surface area contributed by atoms with Crippen molar-refractivity contribution in [2.24, 2.45) is 0 Å². The van der Waals surface area contributed by atoms with Crippen molar-refractivity contribution in [1.29, 1.82) is 0 Å². The highest BCUT2D eigenvalue weighted by Crippen LogP contribution is 2.39. The summed E-state index contributed by atoms with van der Waals surface area (Å²) in [5.74, 6) is -1.89. The molecule has 3 fully saturated rings. The minimum absolute atomic E-state index is 0.169. The zero-order valence-electron chi connectivity index (χ0n) is 19.2. The first-order valence-corrected chi connectivity index (χ1v) is 11.6. The van der Waals surface area contributed by atoms with E-state index >= 15 is 0 Å². The van der Waals surface area contributed by atoms with Crippen molar-refractivity contribution in [3.8, 4) is 0 Å². The smallest absolute Gasteiger partial charge is 0.450 e. The highest BCUT2D eigenvalue weighted by atomic mass is 19.4. The predicted octanol–water partition coefficient (Wildman–Crippen LogP) is 3.44. The van der Waals surface area contributed by atoms with Gasteiger partial charge in [-0.1, -0.05) is 12.8 Å². The Morgan fingerprint density at radius 2 is 1.82 bits per heavy atom. The van der Waals surface area contributed by atoms with Crippen molar-refractivity contribution in [3.63, 3.8) is 0 Å².